The Balaban J connectivity index is 3.12. The van der Waals surface area contributed by atoms with E-state index < -0.39 is 18.2 Å². The number of methoxy groups -OCH3 is 1. The summed E-state index contributed by atoms with van der Waals surface area (Å²) >= 11 is 0. The molecular formula is C14H18F3NO3. The molecule has 1 aromatic rings. The molecule has 0 saturated carbocycles. The van der Waals surface area contributed by atoms with Gasteiger partial charge in [-0.25, -0.2) is 0 Å². The lowest BCUT2D eigenvalue weighted by Crippen LogP contribution is -2.23. The van der Waals surface area contributed by atoms with Crippen LogP contribution in [0.4, 0.5) is 18.9 Å². The highest BCUT2D eigenvalue weighted by Gasteiger charge is 2.42. The quantitative estimate of drug-likeness (QED) is 0.789. The van der Waals surface area contributed by atoms with E-state index in [4.69, 9.17) is 10.8 Å². The monoisotopic (exact) mass is 305 g/mol. The van der Waals surface area contributed by atoms with Crippen molar-refractivity contribution in [2.45, 2.75) is 38.0 Å². The first-order valence-electron chi connectivity index (χ1n) is 6.41. The molecular weight excluding hydrogens is 287 g/mol. The minimum Gasteiger partial charge on any atom is -0.481 e. The Morgan fingerprint density at radius 2 is 2.05 bits per heavy atom. The second-order valence-corrected chi connectivity index (χ2v) is 4.75. The van der Waals surface area contributed by atoms with E-state index in [0.717, 1.165) is 7.11 Å². The van der Waals surface area contributed by atoms with Gasteiger partial charge < -0.3 is 15.6 Å². The van der Waals surface area contributed by atoms with E-state index in [1.165, 1.54) is 18.2 Å². The van der Waals surface area contributed by atoms with E-state index in [1.807, 2.05) is 6.92 Å². The highest BCUT2D eigenvalue weighted by Crippen LogP contribution is 2.39. The summed E-state index contributed by atoms with van der Waals surface area (Å²) < 4.78 is 42.9. The van der Waals surface area contributed by atoms with Crippen LogP contribution >= 0.6 is 0 Å². The van der Waals surface area contributed by atoms with Gasteiger partial charge in [0.15, 0.2) is 6.10 Å². The number of hydrogen-bond acceptors (Lipinski definition) is 3. The van der Waals surface area contributed by atoms with Gasteiger partial charge in [0.1, 0.15) is 0 Å². The molecule has 118 valence electrons. The molecule has 0 aliphatic heterocycles. The van der Waals surface area contributed by atoms with Gasteiger partial charge in [0.2, 0.25) is 0 Å². The fourth-order valence-corrected chi connectivity index (χ4v) is 2.23. The van der Waals surface area contributed by atoms with Crippen molar-refractivity contribution in [1.82, 2.24) is 0 Å². The topological polar surface area (TPSA) is 72.5 Å². The third-order valence-electron chi connectivity index (χ3n) is 3.31. The van der Waals surface area contributed by atoms with Crippen LogP contribution in [-0.2, 0) is 9.53 Å². The van der Waals surface area contributed by atoms with Crippen LogP contribution in [0, 0.1) is 0 Å². The van der Waals surface area contributed by atoms with E-state index in [9.17, 15) is 18.0 Å². The zero-order chi connectivity index (χ0) is 16.2. The third-order valence-corrected chi connectivity index (χ3v) is 3.31. The molecule has 0 spiro atoms. The molecule has 0 radical (unpaired) electrons. The summed E-state index contributed by atoms with van der Waals surface area (Å²) in [4.78, 5) is 10.8. The summed E-state index contributed by atoms with van der Waals surface area (Å²) in [5, 5.41) is 8.83. The number of benzene rings is 1. The van der Waals surface area contributed by atoms with Gasteiger partial charge in [-0.15, -0.1) is 0 Å². The minimum atomic E-state index is -4.56. The molecule has 1 rings (SSSR count). The summed E-state index contributed by atoms with van der Waals surface area (Å²) in [5.41, 5.74) is 6.08. The van der Waals surface area contributed by atoms with Gasteiger partial charge in [-0.2, -0.15) is 13.2 Å². The Bertz CT molecular complexity index is 503. The standard InChI is InChI=1S/C14H18F3NO3/c1-3-8(7-12(19)20)9-4-5-10(11(18)6-9)13(21-2)14(15,16)17/h4-6,8,13H,3,7,18H2,1-2H3,(H,19,20)/t8-,13-/m0/s1. The smallest absolute Gasteiger partial charge is 0.418 e. The molecule has 3 N–H and O–H groups in total. The Hall–Kier alpha value is -1.76. The highest BCUT2D eigenvalue weighted by atomic mass is 19.4. The van der Waals surface area contributed by atoms with Crippen molar-refractivity contribution in [2.24, 2.45) is 0 Å². The summed E-state index contributed by atoms with van der Waals surface area (Å²) in [6.45, 7) is 1.81. The number of halogens is 3. The molecule has 7 heteroatoms. The van der Waals surface area contributed by atoms with Crippen LogP contribution in [-0.4, -0.2) is 24.4 Å². The van der Waals surface area contributed by atoms with Crippen molar-refractivity contribution in [2.75, 3.05) is 12.8 Å². The number of ether oxygens (including phenoxy) is 1. The van der Waals surface area contributed by atoms with E-state index >= 15 is 0 Å². The molecule has 1 aromatic carbocycles. The number of alkyl halides is 3. The van der Waals surface area contributed by atoms with Crippen LogP contribution in [0.2, 0.25) is 0 Å². The number of rotatable bonds is 6. The summed E-state index contributed by atoms with van der Waals surface area (Å²) in [6.07, 6.45) is -6.19. The maximum atomic E-state index is 12.8. The fourth-order valence-electron chi connectivity index (χ4n) is 2.23. The van der Waals surface area contributed by atoms with E-state index in [0.29, 0.717) is 12.0 Å². The van der Waals surface area contributed by atoms with Crippen LogP contribution in [0.5, 0.6) is 0 Å². The molecule has 0 aromatic heterocycles. The number of nitrogens with two attached hydrogens (primary N) is 1. The normalized spacial score (nSPS) is 14.7. The molecule has 21 heavy (non-hydrogen) atoms. The Morgan fingerprint density at radius 3 is 2.43 bits per heavy atom. The zero-order valence-electron chi connectivity index (χ0n) is 11.8. The Kier molecular flexibility index (Phi) is 5.60. The minimum absolute atomic E-state index is 0.0551. The van der Waals surface area contributed by atoms with Gasteiger partial charge in [0.25, 0.3) is 0 Å². The van der Waals surface area contributed by atoms with Crippen LogP contribution in [0.25, 0.3) is 0 Å². The number of aliphatic carboxylic acids is 1. The van der Waals surface area contributed by atoms with Gasteiger partial charge >= 0.3 is 12.1 Å². The van der Waals surface area contributed by atoms with Gasteiger partial charge in [0, 0.05) is 18.4 Å². The first-order valence-corrected chi connectivity index (χ1v) is 6.41. The Labute approximate surface area is 120 Å². The van der Waals surface area contributed by atoms with Crippen LogP contribution in [0.15, 0.2) is 18.2 Å². The molecule has 0 aliphatic carbocycles. The van der Waals surface area contributed by atoms with Crippen molar-refractivity contribution >= 4 is 11.7 Å². The second kappa shape index (κ2) is 6.80. The van der Waals surface area contributed by atoms with Crippen molar-refractivity contribution in [3.63, 3.8) is 0 Å². The molecule has 0 bridgehead atoms. The highest BCUT2D eigenvalue weighted by molar-refractivity contribution is 5.68. The number of anilines is 1. The second-order valence-electron chi connectivity index (χ2n) is 4.75. The van der Waals surface area contributed by atoms with Crippen molar-refractivity contribution in [1.29, 1.82) is 0 Å². The maximum Gasteiger partial charge on any atom is 0.418 e. The molecule has 0 amide bonds. The molecule has 0 heterocycles. The van der Waals surface area contributed by atoms with E-state index in [1.54, 1.807) is 0 Å². The first-order chi connectivity index (χ1) is 9.70. The third kappa shape index (κ3) is 4.35. The lowest BCUT2D eigenvalue weighted by atomic mass is 9.91. The molecule has 0 fully saturated rings. The fraction of sp³-hybridized carbons (Fsp3) is 0.500. The molecule has 0 unspecified atom stereocenters. The van der Waals surface area contributed by atoms with Gasteiger partial charge in [-0.3, -0.25) is 4.79 Å². The molecule has 0 saturated heterocycles. The number of hydrogen-bond donors (Lipinski definition) is 2. The Morgan fingerprint density at radius 1 is 1.43 bits per heavy atom. The first kappa shape index (κ1) is 17.3. The lowest BCUT2D eigenvalue weighted by Gasteiger charge is -2.22. The van der Waals surface area contributed by atoms with Crippen molar-refractivity contribution in [3.8, 4) is 0 Å². The van der Waals surface area contributed by atoms with E-state index in [-0.39, 0.29) is 23.6 Å². The average molecular weight is 305 g/mol. The summed E-state index contributed by atoms with van der Waals surface area (Å²) in [6, 6.07) is 4.11. The van der Waals surface area contributed by atoms with Crippen LogP contribution in [0.3, 0.4) is 0 Å². The van der Waals surface area contributed by atoms with Crippen molar-refractivity contribution in [3.05, 3.63) is 29.3 Å². The van der Waals surface area contributed by atoms with Gasteiger partial charge in [0.05, 0.1) is 6.42 Å². The zero-order valence-corrected chi connectivity index (χ0v) is 11.8. The van der Waals surface area contributed by atoms with Crippen LogP contribution < -0.4 is 5.73 Å². The largest absolute Gasteiger partial charge is 0.481 e. The average Bonchev–Trinajstić information content (AvgIpc) is 2.36. The number of carboxylic acids is 1. The predicted molar refractivity (Wildman–Crippen MR) is 71.9 cm³/mol. The molecule has 4 nitrogen and oxygen atoms in total. The summed E-state index contributed by atoms with van der Waals surface area (Å²) in [5.74, 6) is -1.25. The SMILES string of the molecule is CC[C@@H](CC(=O)O)c1ccc([C@H](OC)C(F)(F)F)c(N)c1. The van der Waals surface area contributed by atoms with Crippen LogP contribution in [0.1, 0.15) is 42.9 Å². The lowest BCUT2D eigenvalue weighted by molar-refractivity contribution is -0.215. The molecule has 2 atom stereocenters. The van der Waals surface area contributed by atoms with Crippen molar-refractivity contribution < 1.29 is 27.8 Å². The maximum absolute atomic E-state index is 12.8. The number of carbonyl (C=O) groups is 1. The van der Waals surface area contributed by atoms with E-state index in [2.05, 4.69) is 4.74 Å². The predicted octanol–water partition coefficient (Wildman–Crippen LogP) is 3.49. The van der Waals surface area contributed by atoms with Gasteiger partial charge in [-0.1, -0.05) is 19.1 Å². The summed E-state index contributed by atoms with van der Waals surface area (Å²) in [7, 11) is 0.963. The number of carboxylic acid groups (broad SMARTS) is 1. The number of nitrogen functional groups attached to an aromatic ring is 1. The molecule has 0 aliphatic rings. The van der Waals surface area contributed by atoms with Gasteiger partial charge in [-0.05, 0) is 24.0 Å².